The van der Waals surface area contributed by atoms with Crippen LogP contribution in [-0.2, 0) is 34.4 Å². The summed E-state index contributed by atoms with van der Waals surface area (Å²) in [5.74, 6) is 0. The zero-order valence-corrected chi connectivity index (χ0v) is 15.9. The molecule has 0 radical (unpaired) electrons. The topological polar surface area (TPSA) is 94.4 Å². The molecule has 0 saturated heterocycles. The maximum Gasteiger partial charge on any atom is 0.243 e. The Labute approximate surface area is 142 Å². The summed E-state index contributed by atoms with van der Waals surface area (Å²) in [7, 11) is -9.18. The Balaban J connectivity index is 0.000000506. The van der Waals surface area contributed by atoms with E-state index in [1.54, 1.807) is 0 Å². The summed E-state index contributed by atoms with van der Waals surface area (Å²) < 4.78 is 64.4. The van der Waals surface area contributed by atoms with Gasteiger partial charge in [-0.1, -0.05) is 0 Å². The van der Waals surface area contributed by atoms with Crippen LogP contribution in [0.4, 0.5) is 7.77 Å². The average Bonchev–Trinajstić information content (AvgIpc) is 2.70. The number of aromatic nitrogens is 2. The number of aryl methyl sites for hydroxylation is 1. The molecular weight excluding hydrogens is 366 g/mol. The summed E-state index contributed by atoms with van der Waals surface area (Å²) >= 11 is 0. The molecule has 0 saturated carbocycles. The number of imidazole rings is 1. The first-order chi connectivity index (χ1) is 10.7. The number of hydrogen-bond acceptors (Lipinski definition) is 5. The second kappa shape index (κ2) is 9.39. The molecule has 0 aliphatic heterocycles. The first-order valence-electron chi connectivity index (χ1n) is 7.11. The van der Waals surface area contributed by atoms with E-state index < -0.39 is 20.8 Å². The summed E-state index contributed by atoms with van der Waals surface area (Å²) in [5, 5.41) is 0. The van der Waals surface area contributed by atoms with E-state index in [0.29, 0.717) is 12.1 Å². The number of rotatable bonds is 7. The molecule has 0 spiro atoms. The van der Waals surface area contributed by atoms with E-state index in [4.69, 9.17) is 0 Å². The maximum absolute atomic E-state index is 11.1. The van der Waals surface area contributed by atoms with Gasteiger partial charge in [-0.25, -0.2) is 26.0 Å². The molecule has 0 bridgehead atoms. The van der Waals surface area contributed by atoms with Gasteiger partial charge < -0.3 is 4.13 Å². The number of halogens is 2. The van der Waals surface area contributed by atoms with Crippen LogP contribution in [0.3, 0.4) is 0 Å². The van der Waals surface area contributed by atoms with Crippen LogP contribution >= 0.6 is 0 Å². The molecule has 0 atom stereocenters. The van der Waals surface area contributed by atoms with Gasteiger partial charge in [0.2, 0.25) is 27.1 Å². The maximum atomic E-state index is 11.1. The van der Waals surface area contributed by atoms with Gasteiger partial charge in [0.05, 0.1) is 7.05 Å². The van der Waals surface area contributed by atoms with E-state index >= 15 is 0 Å². The molecule has 0 fully saturated rings. The van der Waals surface area contributed by atoms with Crippen molar-refractivity contribution in [2.24, 2.45) is 7.05 Å². The molecule has 142 valence electrons. The van der Waals surface area contributed by atoms with Gasteiger partial charge in [-0.05, 0) is 27.7 Å². The normalized spacial score (nSPS) is 12.6. The Bertz CT molecular complexity index is 664. The molecule has 1 heterocycles. The molecule has 1 aromatic heterocycles. The third-order valence-electron chi connectivity index (χ3n) is 2.94. The number of nitrogens with zero attached hydrogens (tertiary/aromatic N) is 4. The van der Waals surface area contributed by atoms with E-state index in [9.17, 15) is 24.6 Å². The molecule has 1 rings (SSSR count). The summed E-state index contributed by atoms with van der Waals surface area (Å²) in [6.45, 7) is 11.2. The molecule has 0 amide bonds. The highest BCUT2D eigenvalue weighted by Gasteiger charge is 2.14. The smallest absolute Gasteiger partial charge is 0.243 e. The molecular formula is C12H24F2N4O4S2. The van der Waals surface area contributed by atoms with Gasteiger partial charge in [-0.3, -0.25) is 4.90 Å². The van der Waals surface area contributed by atoms with Crippen molar-refractivity contribution in [3.05, 3.63) is 22.8 Å². The SMILES string of the molecule is CC(C)N(CCn1cc[n+](C)c1)C(C)C.O=S(=O)(F)[N-]S(=O)(=O)F. The van der Waals surface area contributed by atoms with Crippen molar-refractivity contribution < 1.29 is 29.2 Å². The van der Waals surface area contributed by atoms with Crippen LogP contribution < -0.4 is 4.57 Å². The zero-order chi connectivity index (χ0) is 19.1. The highest BCUT2D eigenvalue weighted by molar-refractivity contribution is 8.07. The van der Waals surface area contributed by atoms with Crippen molar-refractivity contribution in [2.75, 3.05) is 6.54 Å². The van der Waals surface area contributed by atoms with Crippen molar-refractivity contribution in [1.82, 2.24) is 9.47 Å². The predicted octanol–water partition coefficient (Wildman–Crippen LogP) is 1.22. The standard InChI is InChI=1S/C12H24N3.F2NO4S2/c1-11(2)15(12(3)4)9-8-14-7-6-13(5)10-14;1-8(4,5)3-9(2,6)7/h6-7,10-12H,8-9H2,1-5H3;/q+1;-1. The fourth-order valence-corrected chi connectivity index (χ4v) is 2.93. The third kappa shape index (κ3) is 11.4. The van der Waals surface area contributed by atoms with Crippen molar-refractivity contribution in [3.63, 3.8) is 0 Å². The quantitative estimate of drug-likeness (QED) is 0.515. The van der Waals surface area contributed by atoms with E-state index in [1.165, 1.54) is 0 Å². The van der Waals surface area contributed by atoms with Gasteiger partial charge in [-0.2, -0.15) is 0 Å². The lowest BCUT2D eigenvalue weighted by Crippen LogP contribution is -2.39. The molecule has 8 nitrogen and oxygen atoms in total. The Morgan fingerprint density at radius 2 is 1.54 bits per heavy atom. The third-order valence-corrected chi connectivity index (χ3v) is 4.37. The highest BCUT2D eigenvalue weighted by Crippen LogP contribution is 2.11. The first-order valence-corrected chi connectivity index (χ1v) is 9.79. The van der Waals surface area contributed by atoms with Crippen LogP contribution in [0, 0.1) is 0 Å². The Morgan fingerprint density at radius 1 is 1.08 bits per heavy atom. The lowest BCUT2D eigenvalue weighted by molar-refractivity contribution is -0.671. The van der Waals surface area contributed by atoms with Gasteiger partial charge >= 0.3 is 0 Å². The minimum Gasteiger partial charge on any atom is -0.379 e. The van der Waals surface area contributed by atoms with Gasteiger partial charge in [0.25, 0.3) is 0 Å². The van der Waals surface area contributed by atoms with E-state index in [-0.39, 0.29) is 0 Å². The van der Waals surface area contributed by atoms with E-state index in [1.807, 2.05) is 0 Å². The lowest BCUT2D eigenvalue weighted by Gasteiger charge is -2.29. The van der Waals surface area contributed by atoms with E-state index in [0.717, 1.165) is 17.2 Å². The second-order valence-electron chi connectivity index (χ2n) is 5.64. The molecule has 0 aliphatic rings. The van der Waals surface area contributed by atoms with Crippen molar-refractivity contribution in [2.45, 2.75) is 46.3 Å². The number of hydrogen-bond donors (Lipinski definition) is 0. The van der Waals surface area contributed by atoms with Crippen LogP contribution in [0.25, 0.3) is 4.13 Å². The lowest BCUT2D eigenvalue weighted by atomic mass is 10.2. The molecule has 0 unspecified atom stereocenters. The largest absolute Gasteiger partial charge is 0.379 e. The van der Waals surface area contributed by atoms with Crippen LogP contribution in [0.2, 0.25) is 0 Å². The van der Waals surface area contributed by atoms with Crippen molar-refractivity contribution >= 4 is 20.8 Å². The van der Waals surface area contributed by atoms with Crippen LogP contribution in [0.1, 0.15) is 27.7 Å². The van der Waals surface area contributed by atoms with E-state index in [2.05, 4.69) is 67.5 Å². The van der Waals surface area contributed by atoms with Crippen molar-refractivity contribution in [3.8, 4) is 0 Å². The van der Waals surface area contributed by atoms with Crippen LogP contribution in [-0.4, -0.2) is 44.9 Å². The molecule has 1 aromatic rings. The van der Waals surface area contributed by atoms with Crippen LogP contribution in [0.15, 0.2) is 18.7 Å². The van der Waals surface area contributed by atoms with Gasteiger partial charge in [-0.15, -0.1) is 7.77 Å². The summed E-state index contributed by atoms with van der Waals surface area (Å²) in [6.07, 6.45) is 6.33. The van der Waals surface area contributed by atoms with Gasteiger partial charge in [0, 0.05) is 18.6 Å². The van der Waals surface area contributed by atoms with Gasteiger partial charge in [0.15, 0.2) is 0 Å². The Hall–Kier alpha value is -1.11. The monoisotopic (exact) mass is 390 g/mol. The predicted molar refractivity (Wildman–Crippen MR) is 86.0 cm³/mol. The van der Waals surface area contributed by atoms with Crippen molar-refractivity contribution in [1.29, 1.82) is 0 Å². The minimum absolute atomic E-state index is 0.620. The summed E-state index contributed by atoms with van der Waals surface area (Å²) in [5.41, 5.74) is 0. The average molecular weight is 390 g/mol. The first kappa shape index (κ1) is 22.9. The molecule has 12 heteroatoms. The zero-order valence-electron chi connectivity index (χ0n) is 14.3. The fourth-order valence-electron chi connectivity index (χ4n) is 2.08. The highest BCUT2D eigenvalue weighted by atomic mass is 32.3. The Kier molecular flexibility index (Phi) is 8.96. The van der Waals surface area contributed by atoms with Crippen LogP contribution in [0.5, 0.6) is 0 Å². The minimum atomic E-state index is -5.62. The molecule has 0 aromatic carbocycles. The summed E-state index contributed by atoms with van der Waals surface area (Å²) in [4.78, 5) is 2.51. The fraction of sp³-hybridized carbons (Fsp3) is 0.750. The second-order valence-corrected chi connectivity index (χ2v) is 7.89. The molecule has 24 heavy (non-hydrogen) atoms. The Morgan fingerprint density at radius 3 is 1.79 bits per heavy atom. The summed E-state index contributed by atoms with van der Waals surface area (Å²) in [6, 6.07) is 1.24. The molecule has 0 aliphatic carbocycles. The molecule has 0 N–H and O–H groups in total. The van der Waals surface area contributed by atoms with Gasteiger partial charge in [0.1, 0.15) is 18.9 Å².